The van der Waals surface area contributed by atoms with E-state index in [1.807, 2.05) is 0 Å². The molecule has 2 rings (SSSR count). The SMILES string of the molecule is CCN(CC1CCCN1)C(C)c1cc(O)ccc1O. The van der Waals surface area contributed by atoms with Gasteiger partial charge >= 0.3 is 0 Å². The van der Waals surface area contributed by atoms with Crippen LogP contribution >= 0.6 is 0 Å². The van der Waals surface area contributed by atoms with E-state index in [1.54, 1.807) is 12.1 Å². The second kappa shape index (κ2) is 6.26. The van der Waals surface area contributed by atoms with Crippen molar-refractivity contribution in [2.45, 2.75) is 38.8 Å². The summed E-state index contributed by atoms with van der Waals surface area (Å²) in [6.07, 6.45) is 2.46. The van der Waals surface area contributed by atoms with E-state index >= 15 is 0 Å². The van der Waals surface area contributed by atoms with Crippen LogP contribution in [0.4, 0.5) is 0 Å². The zero-order valence-electron chi connectivity index (χ0n) is 11.8. The van der Waals surface area contributed by atoms with Crippen molar-refractivity contribution < 1.29 is 10.2 Å². The molecule has 1 aromatic carbocycles. The van der Waals surface area contributed by atoms with Gasteiger partial charge < -0.3 is 15.5 Å². The second-order valence-corrected chi connectivity index (χ2v) is 5.30. The number of rotatable bonds is 5. The van der Waals surface area contributed by atoms with Crippen molar-refractivity contribution in [1.82, 2.24) is 10.2 Å². The van der Waals surface area contributed by atoms with Gasteiger partial charge in [0.2, 0.25) is 0 Å². The van der Waals surface area contributed by atoms with E-state index in [9.17, 15) is 10.2 Å². The minimum absolute atomic E-state index is 0.0968. The normalized spacial score (nSPS) is 20.9. The lowest BCUT2D eigenvalue weighted by molar-refractivity contribution is 0.199. The number of likely N-dealkylation sites (N-methyl/N-ethyl adjacent to an activating group) is 1. The van der Waals surface area contributed by atoms with E-state index in [2.05, 4.69) is 24.1 Å². The highest BCUT2D eigenvalue weighted by Gasteiger charge is 2.22. The van der Waals surface area contributed by atoms with Crippen LogP contribution in [0.3, 0.4) is 0 Å². The molecule has 106 valence electrons. The molecular formula is C15H24N2O2. The molecule has 19 heavy (non-hydrogen) atoms. The Kier molecular flexibility index (Phi) is 4.66. The number of phenolic OH excluding ortho intramolecular Hbond substituents is 2. The van der Waals surface area contributed by atoms with Gasteiger partial charge in [-0.1, -0.05) is 6.92 Å². The molecule has 0 bridgehead atoms. The molecule has 4 heteroatoms. The fraction of sp³-hybridized carbons (Fsp3) is 0.600. The molecule has 0 radical (unpaired) electrons. The minimum atomic E-state index is 0.0968. The van der Waals surface area contributed by atoms with Crippen LogP contribution < -0.4 is 5.32 Å². The summed E-state index contributed by atoms with van der Waals surface area (Å²) in [5.74, 6) is 0.456. The van der Waals surface area contributed by atoms with Crippen molar-refractivity contribution in [2.24, 2.45) is 0 Å². The zero-order chi connectivity index (χ0) is 13.8. The van der Waals surface area contributed by atoms with Crippen molar-refractivity contribution in [3.63, 3.8) is 0 Å². The van der Waals surface area contributed by atoms with Crippen LogP contribution in [-0.4, -0.2) is 40.8 Å². The van der Waals surface area contributed by atoms with Gasteiger partial charge in [-0.2, -0.15) is 0 Å². The molecule has 2 atom stereocenters. The molecule has 4 nitrogen and oxygen atoms in total. The van der Waals surface area contributed by atoms with Gasteiger partial charge in [0.1, 0.15) is 11.5 Å². The predicted octanol–water partition coefficient (Wildman–Crippen LogP) is 2.23. The van der Waals surface area contributed by atoms with E-state index in [0.717, 1.165) is 25.2 Å². The van der Waals surface area contributed by atoms with Crippen LogP contribution in [0.25, 0.3) is 0 Å². The summed E-state index contributed by atoms with van der Waals surface area (Å²) in [6.45, 7) is 7.22. The summed E-state index contributed by atoms with van der Waals surface area (Å²) in [5.41, 5.74) is 0.792. The summed E-state index contributed by atoms with van der Waals surface area (Å²) >= 11 is 0. The largest absolute Gasteiger partial charge is 0.508 e. The highest BCUT2D eigenvalue weighted by Crippen LogP contribution is 2.31. The lowest BCUT2D eigenvalue weighted by Gasteiger charge is -2.31. The zero-order valence-corrected chi connectivity index (χ0v) is 11.8. The second-order valence-electron chi connectivity index (χ2n) is 5.30. The Hall–Kier alpha value is -1.26. The first-order valence-electron chi connectivity index (χ1n) is 7.11. The fourth-order valence-electron chi connectivity index (χ4n) is 2.83. The van der Waals surface area contributed by atoms with Crippen molar-refractivity contribution in [2.75, 3.05) is 19.6 Å². The highest BCUT2D eigenvalue weighted by molar-refractivity contribution is 5.40. The third kappa shape index (κ3) is 3.39. The van der Waals surface area contributed by atoms with Crippen molar-refractivity contribution >= 4 is 0 Å². The molecular weight excluding hydrogens is 240 g/mol. The van der Waals surface area contributed by atoms with Gasteiger partial charge in [0, 0.05) is 24.2 Å². The average Bonchev–Trinajstić information content (AvgIpc) is 2.91. The Morgan fingerprint density at radius 2 is 2.21 bits per heavy atom. The molecule has 1 aliphatic rings. The Bertz CT molecular complexity index is 417. The maximum Gasteiger partial charge on any atom is 0.120 e. The number of phenols is 2. The topological polar surface area (TPSA) is 55.7 Å². The molecule has 3 N–H and O–H groups in total. The van der Waals surface area contributed by atoms with E-state index < -0.39 is 0 Å². The first kappa shape index (κ1) is 14.2. The summed E-state index contributed by atoms with van der Waals surface area (Å²) < 4.78 is 0. The third-order valence-electron chi connectivity index (χ3n) is 4.03. The number of hydrogen-bond acceptors (Lipinski definition) is 4. The maximum atomic E-state index is 9.96. The van der Waals surface area contributed by atoms with Gasteiger partial charge in [-0.15, -0.1) is 0 Å². The van der Waals surface area contributed by atoms with Crippen molar-refractivity contribution in [1.29, 1.82) is 0 Å². The van der Waals surface area contributed by atoms with Gasteiger partial charge in [0.15, 0.2) is 0 Å². The third-order valence-corrected chi connectivity index (χ3v) is 4.03. The van der Waals surface area contributed by atoms with Crippen LogP contribution in [0.5, 0.6) is 11.5 Å². The van der Waals surface area contributed by atoms with Crippen LogP contribution in [0.2, 0.25) is 0 Å². The maximum absolute atomic E-state index is 9.96. The Morgan fingerprint density at radius 1 is 1.42 bits per heavy atom. The lowest BCUT2D eigenvalue weighted by atomic mass is 10.0. The van der Waals surface area contributed by atoms with Gasteiger partial charge in [0.25, 0.3) is 0 Å². The molecule has 0 spiro atoms. The Balaban J connectivity index is 2.10. The van der Waals surface area contributed by atoms with Crippen molar-refractivity contribution in [3.8, 4) is 11.5 Å². The molecule has 0 aliphatic carbocycles. The molecule has 1 aromatic rings. The first-order valence-corrected chi connectivity index (χ1v) is 7.11. The average molecular weight is 264 g/mol. The molecule has 1 aliphatic heterocycles. The van der Waals surface area contributed by atoms with Crippen LogP contribution in [-0.2, 0) is 0 Å². The fourth-order valence-corrected chi connectivity index (χ4v) is 2.83. The molecule has 1 fully saturated rings. The van der Waals surface area contributed by atoms with Crippen LogP contribution in [0.1, 0.15) is 38.3 Å². The smallest absolute Gasteiger partial charge is 0.120 e. The quantitative estimate of drug-likeness (QED) is 0.714. The number of nitrogens with zero attached hydrogens (tertiary/aromatic N) is 1. The van der Waals surface area contributed by atoms with Gasteiger partial charge in [-0.25, -0.2) is 0 Å². The number of benzene rings is 1. The molecule has 1 heterocycles. The monoisotopic (exact) mass is 264 g/mol. The van der Waals surface area contributed by atoms with E-state index in [0.29, 0.717) is 6.04 Å². The van der Waals surface area contributed by atoms with Gasteiger partial charge in [-0.05, 0) is 51.1 Å². The molecule has 1 saturated heterocycles. The van der Waals surface area contributed by atoms with Gasteiger partial charge in [0.05, 0.1) is 0 Å². The Labute approximate surface area is 115 Å². The summed E-state index contributed by atoms with van der Waals surface area (Å²) in [6, 6.07) is 5.37. The predicted molar refractivity (Wildman–Crippen MR) is 76.5 cm³/mol. The Morgan fingerprint density at radius 3 is 2.84 bits per heavy atom. The highest BCUT2D eigenvalue weighted by atomic mass is 16.3. The molecule has 0 saturated carbocycles. The minimum Gasteiger partial charge on any atom is -0.508 e. The molecule has 2 unspecified atom stereocenters. The number of hydrogen-bond donors (Lipinski definition) is 3. The number of nitrogens with one attached hydrogen (secondary N) is 1. The molecule has 0 amide bonds. The summed E-state index contributed by atoms with van der Waals surface area (Å²) in [7, 11) is 0. The van der Waals surface area contributed by atoms with E-state index in [4.69, 9.17) is 0 Å². The van der Waals surface area contributed by atoms with Crippen molar-refractivity contribution in [3.05, 3.63) is 23.8 Å². The summed E-state index contributed by atoms with van der Waals surface area (Å²) in [5, 5.41) is 23.0. The lowest BCUT2D eigenvalue weighted by Crippen LogP contribution is -2.38. The van der Waals surface area contributed by atoms with Crippen LogP contribution in [0.15, 0.2) is 18.2 Å². The molecule has 0 aromatic heterocycles. The van der Waals surface area contributed by atoms with E-state index in [1.165, 1.54) is 18.9 Å². The standard InChI is InChI=1S/C15H24N2O2/c1-3-17(10-12-5-4-8-16-12)11(2)14-9-13(18)6-7-15(14)19/h6-7,9,11-12,16,18-19H,3-5,8,10H2,1-2H3. The van der Waals surface area contributed by atoms with E-state index in [-0.39, 0.29) is 17.5 Å². The van der Waals surface area contributed by atoms with Gasteiger partial charge in [-0.3, -0.25) is 4.90 Å². The number of aromatic hydroxyl groups is 2. The first-order chi connectivity index (χ1) is 9.11. The van der Waals surface area contributed by atoms with Crippen LogP contribution in [0, 0.1) is 0 Å². The summed E-state index contributed by atoms with van der Waals surface area (Å²) in [4.78, 5) is 2.33.